The highest BCUT2D eigenvalue weighted by molar-refractivity contribution is 5.53. The molecule has 2 aromatic rings. The van der Waals surface area contributed by atoms with E-state index in [1.54, 1.807) is 0 Å². The molecule has 2 aliphatic rings. The highest BCUT2D eigenvalue weighted by Gasteiger charge is 2.53. The average Bonchev–Trinajstić information content (AvgIpc) is 2.71. The first-order valence-electron chi connectivity index (χ1n) is 12.6. The van der Waals surface area contributed by atoms with Gasteiger partial charge in [0, 0.05) is 34.8 Å². The number of hydrogen-bond acceptors (Lipinski definition) is 4. The summed E-state index contributed by atoms with van der Waals surface area (Å²) in [6.07, 6.45) is 7.26. The van der Waals surface area contributed by atoms with Crippen LogP contribution in [-0.4, -0.2) is 16.0 Å². The molecule has 0 amide bonds. The fourth-order valence-corrected chi connectivity index (χ4v) is 5.75. The van der Waals surface area contributed by atoms with Crippen LogP contribution in [0.25, 0.3) is 0 Å². The van der Waals surface area contributed by atoms with Gasteiger partial charge >= 0.3 is 0 Å². The van der Waals surface area contributed by atoms with E-state index in [-0.39, 0.29) is 10.8 Å². The molecule has 0 unspecified atom stereocenters. The molecular weight excluding hydrogens is 412 g/mol. The summed E-state index contributed by atoms with van der Waals surface area (Å²) in [7, 11) is 0. The molecule has 0 fully saturated rings. The zero-order chi connectivity index (χ0) is 24.0. The molecular formula is C29H40O4. The molecule has 4 rings (SSSR count). The molecule has 180 valence electrons. The molecule has 0 aromatic heterocycles. The van der Waals surface area contributed by atoms with E-state index in [4.69, 9.17) is 9.47 Å². The Balaban J connectivity index is 1.76. The second-order valence-electron chi connectivity index (χ2n) is 11.4. The van der Waals surface area contributed by atoms with Crippen LogP contribution < -0.4 is 9.47 Å². The van der Waals surface area contributed by atoms with Gasteiger partial charge < -0.3 is 19.7 Å². The molecule has 33 heavy (non-hydrogen) atoms. The van der Waals surface area contributed by atoms with E-state index >= 15 is 0 Å². The molecule has 0 bridgehead atoms. The van der Waals surface area contributed by atoms with Gasteiger partial charge in [0.05, 0.1) is 0 Å². The second-order valence-corrected chi connectivity index (χ2v) is 11.4. The first-order valence-corrected chi connectivity index (χ1v) is 12.6. The van der Waals surface area contributed by atoms with Crippen molar-refractivity contribution in [3.05, 3.63) is 46.5 Å². The van der Waals surface area contributed by atoms with Gasteiger partial charge in [0.25, 0.3) is 5.79 Å². The molecule has 2 heterocycles. The lowest BCUT2D eigenvalue weighted by atomic mass is 9.69. The van der Waals surface area contributed by atoms with Crippen molar-refractivity contribution in [1.82, 2.24) is 0 Å². The van der Waals surface area contributed by atoms with E-state index in [0.29, 0.717) is 24.3 Å². The number of phenolic OH excluding ortho intramolecular Hbond substituents is 2. The molecule has 0 radical (unpaired) electrons. The monoisotopic (exact) mass is 452 g/mol. The van der Waals surface area contributed by atoms with Gasteiger partial charge in [-0.1, -0.05) is 54.4 Å². The number of rotatable bonds is 6. The molecule has 4 nitrogen and oxygen atoms in total. The van der Waals surface area contributed by atoms with Gasteiger partial charge in [-0.25, -0.2) is 0 Å². The Morgan fingerprint density at radius 3 is 1.45 bits per heavy atom. The van der Waals surface area contributed by atoms with E-state index in [1.165, 1.54) is 0 Å². The number of phenols is 2. The largest absolute Gasteiger partial charge is 0.508 e. The number of ether oxygens (including phenoxy) is 2. The van der Waals surface area contributed by atoms with Crippen molar-refractivity contribution < 1.29 is 19.7 Å². The van der Waals surface area contributed by atoms with Crippen LogP contribution in [0.4, 0.5) is 0 Å². The number of hydrogen-bond donors (Lipinski definition) is 2. The van der Waals surface area contributed by atoms with Crippen LogP contribution in [0.2, 0.25) is 0 Å². The van der Waals surface area contributed by atoms with Gasteiger partial charge in [0.1, 0.15) is 23.0 Å². The van der Waals surface area contributed by atoms with E-state index in [9.17, 15) is 10.2 Å². The van der Waals surface area contributed by atoms with Gasteiger partial charge in [-0.05, 0) is 61.1 Å². The third kappa shape index (κ3) is 4.41. The van der Waals surface area contributed by atoms with Crippen LogP contribution in [0.15, 0.2) is 24.3 Å². The molecule has 0 aliphatic carbocycles. The Morgan fingerprint density at radius 1 is 0.697 bits per heavy atom. The van der Waals surface area contributed by atoms with Crippen molar-refractivity contribution in [1.29, 1.82) is 0 Å². The number of aromatic hydroxyl groups is 2. The lowest BCUT2D eigenvalue weighted by Crippen LogP contribution is -2.55. The maximum absolute atomic E-state index is 10.7. The van der Waals surface area contributed by atoms with Gasteiger partial charge in [0.15, 0.2) is 0 Å². The minimum Gasteiger partial charge on any atom is -0.508 e. The van der Waals surface area contributed by atoms with E-state index in [0.717, 1.165) is 72.3 Å². The van der Waals surface area contributed by atoms with E-state index in [1.807, 2.05) is 24.3 Å². The van der Waals surface area contributed by atoms with Crippen molar-refractivity contribution in [2.75, 3.05) is 0 Å². The first-order chi connectivity index (χ1) is 15.5. The molecule has 2 aromatic carbocycles. The van der Waals surface area contributed by atoms with Crippen LogP contribution in [0.1, 0.15) is 102 Å². The summed E-state index contributed by atoms with van der Waals surface area (Å²) in [6.45, 7) is 13.1. The van der Waals surface area contributed by atoms with Crippen molar-refractivity contribution in [2.45, 2.75) is 110 Å². The topological polar surface area (TPSA) is 58.9 Å². The van der Waals surface area contributed by atoms with Crippen LogP contribution in [0, 0.1) is 0 Å². The predicted octanol–water partition coefficient (Wildman–Crippen LogP) is 7.30. The molecule has 2 N–H and O–H groups in total. The van der Waals surface area contributed by atoms with Crippen molar-refractivity contribution in [2.24, 2.45) is 0 Å². The zero-order valence-electron chi connectivity index (χ0n) is 21.2. The fraction of sp³-hybridized carbons (Fsp3) is 0.586. The third-order valence-corrected chi connectivity index (χ3v) is 7.43. The normalized spacial score (nSPS) is 19.3. The summed E-state index contributed by atoms with van der Waals surface area (Å²) in [5.74, 6) is 1.58. The Kier molecular flexibility index (Phi) is 6.09. The van der Waals surface area contributed by atoms with Gasteiger partial charge in [-0.3, -0.25) is 0 Å². The zero-order valence-corrected chi connectivity index (χ0v) is 21.2. The quantitative estimate of drug-likeness (QED) is 0.483. The number of aryl methyl sites for hydroxylation is 2. The number of benzene rings is 2. The maximum Gasteiger partial charge on any atom is 0.252 e. The highest BCUT2D eigenvalue weighted by Crippen LogP contribution is 2.55. The fourth-order valence-electron chi connectivity index (χ4n) is 5.75. The molecule has 4 heteroatoms. The Morgan fingerprint density at radius 2 is 1.09 bits per heavy atom. The van der Waals surface area contributed by atoms with Gasteiger partial charge in [0.2, 0.25) is 0 Å². The van der Waals surface area contributed by atoms with E-state index < -0.39 is 5.79 Å². The summed E-state index contributed by atoms with van der Waals surface area (Å²) in [6, 6.07) is 7.85. The highest BCUT2D eigenvalue weighted by atomic mass is 16.7. The van der Waals surface area contributed by atoms with Gasteiger partial charge in [-0.2, -0.15) is 0 Å². The molecule has 1 spiro atoms. The standard InChI is InChI=1S/C29H40O4/c1-7-9-11-19-13-25-21(15-23(19)30)27(3,4)17-29(32-25)18-28(5,6)22-16-24(31)20(12-10-8-2)14-26(22)33-29/h13-16,30-31H,7-12,17-18H2,1-6H3. The molecule has 0 saturated heterocycles. The lowest BCUT2D eigenvalue weighted by molar-refractivity contribution is -0.166. The summed E-state index contributed by atoms with van der Waals surface area (Å²) in [4.78, 5) is 0. The Labute approximate surface area is 198 Å². The summed E-state index contributed by atoms with van der Waals surface area (Å²) < 4.78 is 13.4. The summed E-state index contributed by atoms with van der Waals surface area (Å²) in [5, 5.41) is 21.3. The summed E-state index contributed by atoms with van der Waals surface area (Å²) in [5.41, 5.74) is 3.50. The average molecular weight is 453 g/mol. The first kappa shape index (κ1) is 23.8. The Bertz CT molecular complexity index is 951. The number of unbranched alkanes of at least 4 members (excludes halogenated alkanes) is 2. The van der Waals surface area contributed by atoms with Crippen molar-refractivity contribution >= 4 is 0 Å². The van der Waals surface area contributed by atoms with Gasteiger partial charge in [-0.15, -0.1) is 0 Å². The van der Waals surface area contributed by atoms with Crippen molar-refractivity contribution in [3.8, 4) is 23.0 Å². The molecule has 0 saturated carbocycles. The van der Waals surface area contributed by atoms with Crippen LogP contribution >= 0.6 is 0 Å². The SMILES string of the molecule is CCCCc1cc2c(cc1O)C(C)(C)CC1(CC(C)(C)c3cc(O)c(CCCC)cc3O1)O2. The molecule has 0 atom stereocenters. The van der Waals surface area contributed by atoms with Crippen LogP contribution in [0.3, 0.4) is 0 Å². The van der Waals surface area contributed by atoms with Crippen molar-refractivity contribution in [3.63, 3.8) is 0 Å². The summed E-state index contributed by atoms with van der Waals surface area (Å²) >= 11 is 0. The maximum atomic E-state index is 10.7. The third-order valence-electron chi connectivity index (χ3n) is 7.43. The minimum absolute atomic E-state index is 0.218. The smallest absolute Gasteiger partial charge is 0.252 e. The molecule has 2 aliphatic heterocycles. The predicted molar refractivity (Wildman–Crippen MR) is 133 cm³/mol. The van der Waals surface area contributed by atoms with Crippen LogP contribution in [0.5, 0.6) is 23.0 Å². The minimum atomic E-state index is -0.787. The number of fused-ring (bicyclic) bond motifs is 2. The second kappa shape index (κ2) is 8.45. The Hall–Kier alpha value is -2.36. The lowest BCUT2D eigenvalue weighted by Gasteiger charge is -2.51. The van der Waals surface area contributed by atoms with E-state index in [2.05, 4.69) is 41.5 Å². The van der Waals surface area contributed by atoms with Crippen LogP contribution in [-0.2, 0) is 23.7 Å².